The van der Waals surface area contributed by atoms with Gasteiger partial charge in [0.05, 0.1) is 11.8 Å². The van der Waals surface area contributed by atoms with Crippen molar-refractivity contribution < 1.29 is 13.2 Å². The van der Waals surface area contributed by atoms with E-state index < -0.39 is 10.0 Å². The Bertz CT molecular complexity index is 1040. The molecule has 2 aromatic rings. The summed E-state index contributed by atoms with van der Waals surface area (Å²) in [5, 5.41) is 3.05. The second-order valence-corrected chi connectivity index (χ2v) is 10.6. The van der Waals surface area contributed by atoms with Gasteiger partial charge in [-0.2, -0.15) is 4.31 Å². The maximum Gasteiger partial charge on any atom is 0.251 e. The van der Waals surface area contributed by atoms with Gasteiger partial charge in [0.15, 0.2) is 0 Å². The zero-order valence-electron chi connectivity index (χ0n) is 19.1. The minimum Gasteiger partial charge on any atom is -0.346 e. The van der Waals surface area contributed by atoms with Crippen molar-refractivity contribution >= 4 is 15.9 Å². The summed E-state index contributed by atoms with van der Waals surface area (Å²) in [6.07, 6.45) is 0. The topological polar surface area (TPSA) is 69.7 Å². The summed E-state index contributed by atoms with van der Waals surface area (Å²) in [7, 11) is -1.36. The fourth-order valence-corrected chi connectivity index (χ4v) is 5.44. The zero-order valence-corrected chi connectivity index (χ0v) is 19.9. The quantitative estimate of drug-likeness (QED) is 0.745. The number of sulfonamides is 1. The number of carbonyl (C=O) groups excluding carboxylic acids is 1. The van der Waals surface area contributed by atoms with E-state index in [1.165, 1.54) is 11.1 Å². The third kappa shape index (κ3) is 5.73. The van der Waals surface area contributed by atoms with E-state index in [9.17, 15) is 13.2 Å². The molecule has 0 bridgehead atoms. The molecule has 7 heteroatoms. The van der Waals surface area contributed by atoms with E-state index in [0.29, 0.717) is 24.2 Å². The molecule has 1 amide bonds. The summed E-state index contributed by atoms with van der Waals surface area (Å²) in [6, 6.07) is 11.0. The molecule has 2 aromatic carbocycles. The van der Waals surface area contributed by atoms with Crippen LogP contribution in [0, 0.1) is 20.8 Å². The molecule has 0 saturated carbocycles. The van der Waals surface area contributed by atoms with Crippen LogP contribution in [0.5, 0.6) is 0 Å². The molecule has 1 N–H and O–H groups in total. The van der Waals surface area contributed by atoms with Gasteiger partial charge in [-0.15, -0.1) is 0 Å². The van der Waals surface area contributed by atoms with Gasteiger partial charge < -0.3 is 10.2 Å². The summed E-state index contributed by atoms with van der Waals surface area (Å²) < 4.78 is 26.9. The van der Waals surface area contributed by atoms with Crippen molar-refractivity contribution in [2.24, 2.45) is 0 Å². The highest BCUT2D eigenvalue weighted by atomic mass is 32.2. The van der Waals surface area contributed by atoms with E-state index in [1.54, 1.807) is 28.6 Å². The van der Waals surface area contributed by atoms with E-state index in [2.05, 4.69) is 43.1 Å². The lowest BCUT2D eigenvalue weighted by Gasteiger charge is -2.31. The van der Waals surface area contributed by atoms with Crippen LogP contribution in [0.3, 0.4) is 0 Å². The normalized spacial score (nSPS) is 16.8. The molecule has 0 aromatic heterocycles. The summed E-state index contributed by atoms with van der Waals surface area (Å²) in [5.74, 6) is -0.213. The molecule has 1 saturated heterocycles. The SMILES string of the molecule is Cc1cc(C)c([C@@H](C)NC(=O)c2ccc(CS(=O)(=O)N3CCN(C)CC3)cc2)cc1C. The van der Waals surface area contributed by atoms with E-state index in [0.717, 1.165) is 24.2 Å². The van der Waals surface area contributed by atoms with Crippen LogP contribution in [0.2, 0.25) is 0 Å². The molecule has 3 rings (SSSR count). The van der Waals surface area contributed by atoms with Crippen LogP contribution in [0.15, 0.2) is 36.4 Å². The molecule has 1 atom stereocenters. The lowest BCUT2D eigenvalue weighted by Crippen LogP contribution is -2.47. The Balaban J connectivity index is 1.64. The smallest absolute Gasteiger partial charge is 0.251 e. The summed E-state index contributed by atoms with van der Waals surface area (Å²) in [4.78, 5) is 14.8. The van der Waals surface area contributed by atoms with Crippen molar-refractivity contribution in [1.82, 2.24) is 14.5 Å². The first kappa shape index (κ1) is 23.4. The third-order valence-electron chi connectivity index (χ3n) is 6.12. The zero-order chi connectivity index (χ0) is 22.8. The van der Waals surface area contributed by atoms with E-state index >= 15 is 0 Å². The van der Waals surface area contributed by atoms with Gasteiger partial charge in [-0.05, 0) is 74.7 Å². The van der Waals surface area contributed by atoms with Crippen LogP contribution >= 0.6 is 0 Å². The Morgan fingerprint density at radius 2 is 1.55 bits per heavy atom. The predicted molar refractivity (Wildman–Crippen MR) is 125 cm³/mol. The van der Waals surface area contributed by atoms with Crippen molar-refractivity contribution in [3.63, 3.8) is 0 Å². The Morgan fingerprint density at radius 1 is 0.968 bits per heavy atom. The maximum atomic E-state index is 12.7. The number of benzene rings is 2. The number of rotatable bonds is 6. The monoisotopic (exact) mass is 443 g/mol. The Kier molecular flexibility index (Phi) is 7.19. The molecule has 1 aliphatic rings. The molecule has 168 valence electrons. The van der Waals surface area contributed by atoms with Crippen LogP contribution in [0.25, 0.3) is 0 Å². The van der Waals surface area contributed by atoms with Crippen LogP contribution < -0.4 is 5.32 Å². The number of amides is 1. The molecule has 1 fully saturated rings. The Morgan fingerprint density at radius 3 is 2.16 bits per heavy atom. The number of aryl methyl sites for hydroxylation is 3. The molecule has 1 aliphatic heterocycles. The minimum absolute atomic E-state index is 0.0448. The van der Waals surface area contributed by atoms with Gasteiger partial charge in [0.1, 0.15) is 0 Å². The lowest BCUT2D eigenvalue weighted by atomic mass is 9.96. The molecule has 6 nitrogen and oxygen atoms in total. The number of likely N-dealkylation sites (N-methyl/N-ethyl adjacent to an activating group) is 1. The first-order chi connectivity index (χ1) is 14.6. The van der Waals surface area contributed by atoms with Gasteiger partial charge in [-0.3, -0.25) is 4.79 Å². The van der Waals surface area contributed by atoms with Gasteiger partial charge in [0.25, 0.3) is 5.91 Å². The van der Waals surface area contributed by atoms with E-state index in [4.69, 9.17) is 0 Å². The minimum atomic E-state index is -3.35. The molecular weight excluding hydrogens is 410 g/mol. The molecule has 0 radical (unpaired) electrons. The lowest BCUT2D eigenvalue weighted by molar-refractivity contribution is 0.0940. The number of hydrogen-bond donors (Lipinski definition) is 1. The highest BCUT2D eigenvalue weighted by Crippen LogP contribution is 2.22. The number of carbonyl (C=O) groups is 1. The molecule has 0 aliphatic carbocycles. The van der Waals surface area contributed by atoms with Gasteiger partial charge in [-0.25, -0.2) is 8.42 Å². The average molecular weight is 444 g/mol. The molecule has 0 unspecified atom stereocenters. The van der Waals surface area contributed by atoms with Crippen LogP contribution in [0.4, 0.5) is 0 Å². The number of nitrogens with one attached hydrogen (secondary N) is 1. The summed E-state index contributed by atoms with van der Waals surface area (Å²) in [6.45, 7) is 10.7. The first-order valence-electron chi connectivity index (χ1n) is 10.7. The van der Waals surface area contributed by atoms with E-state index in [1.807, 2.05) is 14.0 Å². The summed E-state index contributed by atoms with van der Waals surface area (Å²) >= 11 is 0. The van der Waals surface area contributed by atoms with Gasteiger partial charge in [0.2, 0.25) is 10.0 Å². The Labute approximate surface area is 186 Å². The average Bonchev–Trinajstić information content (AvgIpc) is 2.71. The molecule has 0 spiro atoms. The van der Waals surface area contributed by atoms with Crippen molar-refractivity contribution in [2.45, 2.75) is 39.5 Å². The fourth-order valence-electron chi connectivity index (χ4n) is 3.93. The fraction of sp³-hybridized carbons (Fsp3) is 0.458. The summed E-state index contributed by atoms with van der Waals surface area (Å²) in [5.41, 5.74) is 5.91. The van der Waals surface area contributed by atoms with Crippen molar-refractivity contribution in [1.29, 1.82) is 0 Å². The molecule has 31 heavy (non-hydrogen) atoms. The Hall–Kier alpha value is -2.22. The number of piperazine rings is 1. The molecular formula is C24H33N3O3S. The highest BCUT2D eigenvalue weighted by molar-refractivity contribution is 7.88. The van der Waals surface area contributed by atoms with Gasteiger partial charge in [-0.1, -0.05) is 24.3 Å². The van der Waals surface area contributed by atoms with Gasteiger partial charge in [0, 0.05) is 31.7 Å². The largest absolute Gasteiger partial charge is 0.346 e. The number of nitrogens with zero attached hydrogens (tertiary/aromatic N) is 2. The molecule has 1 heterocycles. The standard InChI is InChI=1S/C24H33N3O3S/c1-17-14-19(3)23(15-18(17)2)20(4)25-24(28)22-8-6-21(7-9-22)16-31(29,30)27-12-10-26(5)11-13-27/h6-9,14-15,20H,10-13,16H2,1-5H3,(H,25,28)/t20-/m1/s1. The predicted octanol–water partition coefficient (Wildman–Crippen LogP) is 3.18. The maximum absolute atomic E-state index is 12.7. The van der Waals surface area contributed by atoms with Crippen molar-refractivity contribution in [3.05, 3.63) is 69.8 Å². The third-order valence-corrected chi connectivity index (χ3v) is 7.97. The van der Waals surface area contributed by atoms with Crippen molar-refractivity contribution in [2.75, 3.05) is 33.2 Å². The van der Waals surface area contributed by atoms with Crippen LogP contribution in [0.1, 0.15) is 51.1 Å². The van der Waals surface area contributed by atoms with Crippen molar-refractivity contribution in [3.8, 4) is 0 Å². The van der Waals surface area contributed by atoms with Crippen LogP contribution in [-0.2, 0) is 15.8 Å². The number of hydrogen-bond acceptors (Lipinski definition) is 4. The van der Waals surface area contributed by atoms with E-state index in [-0.39, 0.29) is 17.7 Å². The second kappa shape index (κ2) is 9.51. The first-order valence-corrected chi connectivity index (χ1v) is 12.3. The van der Waals surface area contributed by atoms with Gasteiger partial charge >= 0.3 is 0 Å². The van der Waals surface area contributed by atoms with Crippen LogP contribution in [-0.4, -0.2) is 56.8 Å². The highest BCUT2D eigenvalue weighted by Gasteiger charge is 2.26. The second-order valence-electron chi connectivity index (χ2n) is 8.64.